The van der Waals surface area contributed by atoms with Crippen molar-refractivity contribution in [3.8, 4) is 11.1 Å². The monoisotopic (exact) mass is 939 g/mol. The number of esters is 2. The van der Waals surface area contributed by atoms with Crippen molar-refractivity contribution in [2.24, 2.45) is 16.9 Å². The third kappa shape index (κ3) is 18.2. The Labute approximate surface area is 390 Å². The van der Waals surface area contributed by atoms with Gasteiger partial charge in [-0.25, -0.2) is 13.6 Å². The second-order valence-electron chi connectivity index (χ2n) is 19.4. The average Bonchev–Trinajstić information content (AvgIpc) is 3.61. The molecule has 67 heavy (non-hydrogen) atoms. The summed E-state index contributed by atoms with van der Waals surface area (Å²) in [6, 6.07) is 8.95. The van der Waals surface area contributed by atoms with Crippen LogP contribution in [0.15, 0.2) is 60.8 Å². The number of nitrogens with one attached hydrogen (secondary N) is 3. The number of nitrogens with two attached hydrogens (primary N) is 2. The molecule has 0 fully saturated rings. The molecule has 0 saturated heterocycles. The molecule has 17 nitrogen and oxygen atoms in total. The van der Waals surface area contributed by atoms with Gasteiger partial charge in [0.25, 0.3) is 0 Å². The molecule has 2 aromatic carbocycles. The Morgan fingerprint density at radius 1 is 0.806 bits per heavy atom. The number of ether oxygens (including phenoxy) is 2. The zero-order chi connectivity index (χ0) is 50.4. The lowest BCUT2D eigenvalue weighted by Crippen LogP contribution is -2.54. The number of aromatic nitrogens is 1. The number of aliphatic hydroxyl groups is 1. The minimum absolute atomic E-state index is 0.0256. The Morgan fingerprint density at radius 3 is 2.03 bits per heavy atom. The van der Waals surface area contributed by atoms with E-state index in [1.54, 1.807) is 58.4 Å². The Morgan fingerprint density at radius 2 is 1.45 bits per heavy atom. The van der Waals surface area contributed by atoms with Gasteiger partial charge in [0, 0.05) is 55.5 Å². The van der Waals surface area contributed by atoms with Gasteiger partial charge < -0.3 is 51.5 Å². The number of aliphatic hydroxyl groups excluding tert-OH is 1. The van der Waals surface area contributed by atoms with Crippen molar-refractivity contribution in [3.05, 3.63) is 83.7 Å². The van der Waals surface area contributed by atoms with Crippen LogP contribution >= 0.6 is 0 Å². The van der Waals surface area contributed by atoms with E-state index in [1.807, 2.05) is 51.1 Å². The highest BCUT2D eigenvalue weighted by molar-refractivity contribution is 5.92. The van der Waals surface area contributed by atoms with E-state index in [0.717, 1.165) is 23.8 Å². The molecule has 0 aliphatic heterocycles. The molecule has 3 aromatic rings. The molecule has 0 bridgehead atoms. The van der Waals surface area contributed by atoms with Gasteiger partial charge in [0.05, 0.1) is 18.5 Å². The molecule has 1 heterocycles. The van der Waals surface area contributed by atoms with Crippen molar-refractivity contribution < 1.29 is 56.9 Å². The maximum atomic E-state index is 15.3. The molecule has 5 amide bonds. The van der Waals surface area contributed by atoms with E-state index in [-0.39, 0.29) is 50.9 Å². The number of rotatable bonds is 22. The fourth-order valence-electron chi connectivity index (χ4n) is 7.19. The summed E-state index contributed by atoms with van der Waals surface area (Å²) in [5.74, 6) is -6.80. The molecular weight excluding hydrogens is 873 g/mol. The normalized spacial score (nSPS) is 13.6. The third-order valence-electron chi connectivity index (χ3n) is 10.0. The van der Waals surface area contributed by atoms with Gasteiger partial charge in [-0.1, -0.05) is 51.1 Å². The fourth-order valence-corrected chi connectivity index (χ4v) is 7.19. The molecule has 3 rings (SSSR count). The quantitative estimate of drug-likeness (QED) is 0.0788. The first-order valence-corrected chi connectivity index (χ1v) is 22.0. The maximum Gasteiger partial charge on any atom is 0.329 e. The predicted octanol–water partition coefficient (Wildman–Crippen LogP) is 3.92. The lowest BCUT2D eigenvalue weighted by atomic mass is 9.82. The second-order valence-corrected chi connectivity index (χ2v) is 19.4. The van der Waals surface area contributed by atoms with Crippen LogP contribution in [0.3, 0.4) is 0 Å². The van der Waals surface area contributed by atoms with Crippen LogP contribution < -0.4 is 27.4 Å². The lowest BCUT2D eigenvalue weighted by Gasteiger charge is -2.41. The number of halogens is 2. The van der Waals surface area contributed by atoms with Crippen molar-refractivity contribution in [2.45, 2.75) is 136 Å². The number of carbonyl (C=O) groups is 7. The topological polar surface area (TPSA) is 254 Å². The lowest BCUT2D eigenvalue weighted by molar-refractivity contribution is -0.160. The van der Waals surface area contributed by atoms with Crippen molar-refractivity contribution >= 4 is 41.5 Å². The van der Waals surface area contributed by atoms with Gasteiger partial charge in [0.1, 0.15) is 41.5 Å². The Balaban J connectivity index is 1.95. The van der Waals surface area contributed by atoms with E-state index in [4.69, 9.17) is 20.9 Å². The molecule has 0 radical (unpaired) electrons. The van der Waals surface area contributed by atoms with E-state index >= 15 is 4.39 Å². The molecule has 0 spiro atoms. The summed E-state index contributed by atoms with van der Waals surface area (Å²) in [5.41, 5.74) is 10.3. The zero-order valence-electron chi connectivity index (χ0n) is 39.9. The van der Waals surface area contributed by atoms with Crippen LogP contribution in [0, 0.1) is 17.0 Å². The number of carbonyl (C=O) groups excluding carboxylic acids is 7. The average molecular weight is 940 g/mol. The Bertz CT molecular complexity index is 2210. The minimum Gasteiger partial charge on any atom is -0.460 e. The summed E-state index contributed by atoms with van der Waals surface area (Å²) in [4.78, 5) is 92.7. The summed E-state index contributed by atoms with van der Waals surface area (Å²) in [7, 11) is 0. The first-order chi connectivity index (χ1) is 31.1. The number of benzene rings is 2. The highest BCUT2D eigenvalue weighted by atomic mass is 19.1. The zero-order valence-corrected chi connectivity index (χ0v) is 39.9. The summed E-state index contributed by atoms with van der Waals surface area (Å²) < 4.78 is 42.4. The summed E-state index contributed by atoms with van der Waals surface area (Å²) in [6.07, 6.45) is 0.0782. The van der Waals surface area contributed by atoms with E-state index in [0.29, 0.717) is 11.3 Å². The maximum absolute atomic E-state index is 15.3. The van der Waals surface area contributed by atoms with Crippen molar-refractivity contribution in [1.82, 2.24) is 25.4 Å². The molecule has 368 valence electrons. The Kier molecular flexibility index (Phi) is 19.7. The van der Waals surface area contributed by atoms with Crippen LogP contribution in [0.2, 0.25) is 0 Å². The molecule has 0 aliphatic rings. The van der Waals surface area contributed by atoms with Gasteiger partial charge in [-0.15, -0.1) is 0 Å². The third-order valence-corrected chi connectivity index (χ3v) is 10.0. The van der Waals surface area contributed by atoms with Crippen LogP contribution in [-0.2, 0) is 49.6 Å². The van der Waals surface area contributed by atoms with Gasteiger partial charge >= 0.3 is 11.9 Å². The summed E-state index contributed by atoms with van der Waals surface area (Å²) in [6.45, 7) is 14.2. The Hall–Kier alpha value is -6.21. The summed E-state index contributed by atoms with van der Waals surface area (Å²) in [5, 5.41) is 18.0. The van der Waals surface area contributed by atoms with E-state index < -0.39 is 107 Å². The molecule has 4 atom stereocenters. The number of hydrogen-bond donors (Lipinski definition) is 6. The number of amides is 5. The van der Waals surface area contributed by atoms with Gasteiger partial charge in [-0.05, 0) is 89.6 Å². The van der Waals surface area contributed by atoms with Crippen LogP contribution in [0.5, 0.6) is 0 Å². The van der Waals surface area contributed by atoms with Gasteiger partial charge in [-0.3, -0.25) is 28.8 Å². The molecule has 0 unspecified atom stereocenters. The van der Waals surface area contributed by atoms with Crippen molar-refractivity contribution in [3.63, 3.8) is 0 Å². The van der Waals surface area contributed by atoms with Crippen molar-refractivity contribution in [2.75, 3.05) is 19.7 Å². The molecule has 1 aromatic heterocycles. The standard InChI is InChI=1S/C48H67F2N7O10/c1-46(2,3)42(37-23-30(32-24-31(49)15-16-33(32)50)27-56(37)26-29-13-11-10-12-14-29)57(40(61)28-58)22-20-35(55-43(63)34(51)25-38(52)59)44(64)53-21-19-39(60)54-36(45(65)67-48(7,8)9)17-18-41(62)66-47(4,5)6/h10-16,23-24,27,34-36,42,58H,17-22,25-26,28,51H2,1-9H3,(H2,52,59)(H,53,64)(H,54,60)(H,55,63)/t34-,35-,36+,42-/m0/s1. The van der Waals surface area contributed by atoms with E-state index in [9.17, 15) is 43.1 Å². The molecule has 19 heteroatoms. The number of hydrogen-bond acceptors (Lipinski definition) is 11. The predicted molar refractivity (Wildman–Crippen MR) is 245 cm³/mol. The minimum atomic E-state index is -1.45. The van der Waals surface area contributed by atoms with E-state index in [1.165, 1.54) is 4.90 Å². The highest BCUT2D eigenvalue weighted by Crippen LogP contribution is 2.41. The first-order valence-electron chi connectivity index (χ1n) is 22.0. The second kappa shape index (κ2) is 24.0. The largest absolute Gasteiger partial charge is 0.460 e. The SMILES string of the molecule is CC(C)(C)OC(=O)CC[C@@H](NC(=O)CCNC(=O)[C@H](CCN(C(=O)CO)[C@@H](c1cc(-c2cc(F)ccc2F)cn1Cc1ccccc1)C(C)(C)C)NC(=O)[C@@H](N)CC(N)=O)C(=O)OC(C)(C)C. The molecule has 8 N–H and O–H groups in total. The van der Waals surface area contributed by atoms with Crippen LogP contribution in [0.25, 0.3) is 11.1 Å². The number of nitrogens with zero attached hydrogens (tertiary/aromatic N) is 2. The first kappa shape index (κ1) is 55.1. The fraction of sp³-hybridized carbons (Fsp3) is 0.521. The molecule has 0 aliphatic carbocycles. The summed E-state index contributed by atoms with van der Waals surface area (Å²) >= 11 is 0. The van der Waals surface area contributed by atoms with Crippen LogP contribution in [0.4, 0.5) is 8.78 Å². The van der Waals surface area contributed by atoms with Gasteiger partial charge in [0.15, 0.2) is 0 Å². The highest BCUT2D eigenvalue weighted by Gasteiger charge is 2.38. The molecule has 0 saturated carbocycles. The van der Waals surface area contributed by atoms with Gasteiger partial charge in [0.2, 0.25) is 29.5 Å². The van der Waals surface area contributed by atoms with Crippen molar-refractivity contribution in [1.29, 1.82) is 0 Å². The van der Waals surface area contributed by atoms with E-state index in [2.05, 4.69) is 16.0 Å². The molecular formula is C48H67F2N7O10. The van der Waals surface area contributed by atoms with Crippen LogP contribution in [-0.4, -0.2) is 105 Å². The smallest absolute Gasteiger partial charge is 0.329 e. The van der Waals surface area contributed by atoms with Gasteiger partial charge in [-0.2, -0.15) is 0 Å². The number of primary amides is 1. The van der Waals surface area contributed by atoms with Crippen LogP contribution in [0.1, 0.15) is 112 Å².